The molecule has 3 atom stereocenters. The van der Waals surface area contributed by atoms with E-state index in [1.165, 1.54) is 0 Å². The Morgan fingerprint density at radius 3 is 2.40 bits per heavy atom. The summed E-state index contributed by atoms with van der Waals surface area (Å²) in [5.41, 5.74) is 12.3. The van der Waals surface area contributed by atoms with Crippen LogP contribution in [0.15, 0.2) is 29.3 Å². The predicted molar refractivity (Wildman–Crippen MR) is 162 cm³/mol. The van der Waals surface area contributed by atoms with Crippen molar-refractivity contribution < 1.29 is 23.6 Å². The van der Waals surface area contributed by atoms with Gasteiger partial charge in [0.05, 0.1) is 6.04 Å². The number of nitrogens with two attached hydrogens (primary N) is 2. The Balaban J connectivity index is 1.67. The number of ketones is 3. The molecule has 0 bridgehead atoms. The second kappa shape index (κ2) is 15.8. The van der Waals surface area contributed by atoms with E-state index in [9.17, 15) is 23.6 Å². The first kappa shape index (κ1) is 33.2. The Morgan fingerprint density at radius 2 is 1.76 bits per heavy atom. The molecule has 4 N–H and O–H groups in total. The highest BCUT2D eigenvalue weighted by molar-refractivity contribution is 6.00. The van der Waals surface area contributed by atoms with Crippen LogP contribution in [0.4, 0.5) is 10.1 Å². The van der Waals surface area contributed by atoms with Crippen LogP contribution < -0.4 is 16.4 Å². The van der Waals surface area contributed by atoms with Gasteiger partial charge in [0.1, 0.15) is 6.67 Å². The lowest BCUT2D eigenvalue weighted by atomic mass is 9.86. The maximum absolute atomic E-state index is 13.8. The van der Waals surface area contributed by atoms with Crippen LogP contribution in [0.25, 0.3) is 0 Å². The Morgan fingerprint density at radius 1 is 1.05 bits per heavy atom. The Bertz CT molecular complexity index is 1130. The summed E-state index contributed by atoms with van der Waals surface area (Å²) in [6.07, 6.45) is 1.77. The summed E-state index contributed by atoms with van der Waals surface area (Å²) in [5.74, 6) is -2.75. The summed E-state index contributed by atoms with van der Waals surface area (Å²) in [4.78, 5) is 62.9. The number of rotatable bonds is 15. The Labute approximate surface area is 248 Å². The molecule has 11 heteroatoms. The minimum absolute atomic E-state index is 0.0495. The minimum atomic E-state index is -1.15. The van der Waals surface area contributed by atoms with Crippen LogP contribution in [-0.4, -0.2) is 98.0 Å². The van der Waals surface area contributed by atoms with Gasteiger partial charge in [-0.3, -0.25) is 24.2 Å². The van der Waals surface area contributed by atoms with E-state index in [0.29, 0.717) is 31.4 Å². The molecule has 0 saturated carbocycles. The number of Topliss-reactive ketones (excluding diaryl/α,β-unsaturated/α-hetero) is 3. The van der Waals surface area contributed by atoms with Crippen molar-refractivity contribution in [1.82, 2.24) is 9.80 Å². The Hall–Kier alpha value is -3.34. The number of carbonyl (C=O) groups excluding carboxylic acids is 4. The Kier molecular flexibility index (Phi) is 12.4. The largest absolute Gasteiger partial charge is 0.370 e. The molecule has 1 aromatic rings. The number of benzene rings is 1. The summed E-state index contributed by atoms with van der Waals surface area (Å²) in [7, 11) is 2.10. The third-order valence-electron chi connectivity index (χ3n) is 8.51. The van der Waals surface area contributed by atoms with Crippen molar-refractivity contribution in [3.63, 3.8) is 0 Å². The molecule has 0 aliphatic carbocycles. The van der Waals surface area contributed by atoms with Crippen molar-refractivity contribution in [3.05, 3.63) is 29.8 Å². The second-order valence-corrected chi connectivity index (χ2v) is 11.9. The number of guanidine groups is 1. The molecule has 1 amide bonds. The molecule has 2 aliphatic heterocycles. The number of likely N-dealkylation sites (N-methyl/N-ethyl adjacent to an activating group) is 1. The number of piperazine rings is 1. The molecule has 0 unspecified atom stereocenters. The number of hydrogen-bond donors (Lipinski definition) is 2. The van der Waals surface area contributed by atoms with Crippen LogP contribution >= 0.6 is 0 Å². The molecule has 2 aliphatic rings. The fourth-order valence-corrected chi connectivity index (χ4v) is 5.86. The lowest BCUT2D eigenvalue weighted by Crippen LogP contribution is -2.46. The van der Waals surface area contributed by atoms with Crippen molar-refractivity contribution in [3.8, 4) is 0 Å². The average Bonchev–Trinajstić information content (AvgIpc) is 3.47. The van der Waals surface area contributed by atoms with E-state index in [4.69, 9.17) is 11.5 Å². The number of anilines is 1. The third kappa shape index (κ3) is 9.08. The van der Waals surface area contributed by atoms with Crippen molar-refractivity contribution in [2.24, 2.45) is 34.2 Å². The molecule has 42 heavy (non-hydrogen) atoms. The summed E-state index contributed by atoms with van der Waals surface area (Å²) in [6, 6.07) is 6.92. The molecule has 2 saturated heterocycles. The molecule has 1 aromatic carbocycles. The maximum Gasteiger partial charge on any atom is 0.227 e. The summed E-state index contributed by atoms with van der Waals surface area (Å²) < 4.78 is 13.3. The second-order valence-electron chi connectivity index (χ2n) is 11.9. The van der Waals surface area contributed by atoms with Crippen molar-refractivity contribution in [2.45, 2.75) is 58.4 Å². The normalized spacial score (nSPS) is 19.0. The van der Waals surface area contributed by atoms with Gasteiger partial charge in [0, 0.05) is 75.2 Å². The van der Waals surface area contributed by atoms with Crippen LogP contribution in [-0.2, 0) is 14.4 Å². The predicted octanol–water partition coefficient (Wildman–Crippen LogP) is 2.44. The quantitative estimate of drug-likeness (QED) is 0.138. The fraction of sp³-hybridized carbons (Fsp3) is 0.645. The molecule has 0 spiro atoms. The highest BCUT2D eigenvalue weighted by atomic mass is 19.1. The van der Waals surface area contributed by atoms with Gasteiger partial charge in [-0.05, 0) is 50.8 Å². The van der Waals surface area contributed by atoms with Gasteiger partial charge in [0.2, 0.25) is 5.91 Å². The molecular formula is C31H47FN6O4. The zero-order chi connectivity index (χ0) is 30.8. The van der Waals surface area contributed by atoms with Gasteiger partial charge in [0.25, 0.3) is 0 Å². The van der Waals surface area contributed by atoms with Gasteiger partial charge < -0.3 is 26.2 Å². The number of amides is 1. The van der Waals surface area contributed by atoms with Gasteiger partial charge in [-0.15, -0.1) is 0 Å². The van der Waals surface area contributed by atoms with Crippen LogP contribution in [0.2, 0.25) is 0 Å². The summed E-state index contributed by atoms with van der Waals surface area (Å²) in [5, 5.41) is 0. The highest BCUT2D eigenvalue weighted by Crippen LogP contribution is 2.29. The molecule has 2 heterocycles. The zero-order valence-electron chi connectivity index (χ0n) is 25.3. The number of aliphatic imine (C=N–C) groups is 1. The van der Waals surface area contributed by atoms with Gasteiger partial charge in [-0.2, -0.15) is 0 Å². The monoisotopic (exact) mass is 586 g/mol. The highest BCUT2D eigenvalue weighted by Gasteiger charge is 2.39. The molecule has 0 aromatic heterocycles. The number of halogens is 1. The first-order chi connectivity index (χ1) is 20.0. The van der Waals surface area contributed by atoms with E-state index in [0.717, 1.165) is 31.9 Å². The number of carbonyl (C=O) groups is 4. The third-order valence-corrected chi connectivity index (χ3v) is 8.51. The zero-order valence-corrected chi connectivity index (χ0v) is 25.3. The lowest BCUT2D eigenvalue weighted by molar-refractivity contribution is -0.142. The number of likely N-dealkylation sites (tertiary alicyclic amines) is 1. The van der Waals surface area contributed by atoms with Gasteiger partial charge in [-0.1, -0.05) is 26.0 Å². The van der Waals surface area contributed by atoms with E-state index >= 15 is 0 Å². The smallest absolute Gasteiger partial charge is 0.227 e. The molecular weight excluding hydrogens is 539 g/mol. The first-order valence-electron chi connectivity index (χ1n) is 15.1. The first-order valence-corrected chi connectivity index (χ1v) is 15.1. The van der Waals surface area contributed by atoms with Gasteiger partial charge >= 0.3 is 0 Å². The van der Waals surface area contributed by atoms with Crippen LogP contribution in [0.5, 0.6) is 0 Å². The molecule has 232 valence electrons. The summed E-state index contributed by atoms with van der Waals surface area (Å²) in [6.45, 7) is 7.06. The SMILES string of the molecule is CC(C)[C@H](CC(=O)c1cccc(N2CCN(C)CC2)c1)C(=O)N1CCC[C@H]1C(=O)C[C@@H](CCCN=C(N)N)C(=O)CF. The molecule has 2 fully saturated rings. The molecule has 10 nitrogen and oxygen atoms in total. The van der Waals surface area contributed by atoms with Crippen LogP contribution in [0, 0.1) is 17.8 Å². The van der Waals surface area contributed by atoms with Crippen LogP contribution in [0.1, 0.15) is 62.7 Å². The van der Waals surface area contributed by atoms with E-state index in [2.05, 4.69) is 21.8 Å². The molecule has 3 rings (SSSR count). The van der Waals surface area contributed by atoms with Gasteiger partial charge in [0.15, 0.2) is 23.3 Å². The topological polar surface area (TPSA) is 142 Å². The van der Waals surface area contributed by atoms with Crippen molar-refractivity contribution in [1.29, 1.82) is 0 Å². The number of nitrogens with zero attached hydrogens (tertiary/aromatic N) is 4. The van der Waals surface area contributed by atoms with E-state index in [1.807, 2.05) is 32.0 Å². The van der Waals surface area contributed by atoms with Crippen molar-refractivity contribution >= 4 is 34.9 Å². The average molecular weight is 587 g/mol. The summed E-state index contributed by atoms with van der Waals surface area (Å²) >= 11 is 0. The number of alkyl halides is 1. The van der Waals surface area contributed by atoms with Crippen molar-refractivity contribution in [2.75, 3.05) is 57.9 Å². The van der Waals surface area contributed by atoms with E-state index in [-0.39, 0.29) is 55.2 Å². The maximum atomic E-state index is 13.8. The molecule has 0 radical (unpaired) electrons. The van der Waals surface area contributed by atoms with E-state index in [1.54, 1.807) is 11.0 Å². The standard InChI is InChI=1S/C31H47FN6O4/c1-21(2)25(19-27(39)22-7-4-9-24(17-22)37-15-13-36(3)14-16-37)30(42)38-12-6-10-26(38)28(40)18-23(29(41)20-32)8-5-11-35-31(33)34/h4,7,9,17,21,23,25-26H,5-6,8,10-16,18-20H2,1-3H3,(H4,33,34,35)/t23-,25+,26+/m1/s1. The lowest BCUT2D eigenvalue weighted by Gasteiger charge is -2.34. The minimum Gasteiger partial charge on any atom is -0.370 e. The number of hydrogen-bond acceptors (Lipinski definition) is 7. The van der Waals surface area contributed by atoms with Crippen LogP contribution in [0.3, 0.4) is 0 Å². The fourth-order valence-electron chi connectivity index (χ4n) is 5.86. The van der Waals surface area contributed by atoms with Gasteiger partial charge in [-0.25, -0.2) is 4.39 Å². The van der Waals surface area contributed by atoms with E-state index < -0.39 is 30.3 Å².